The quantitative estimate of drug-likeness (QED) is 0.862. The average Bonchev–Trinajstić information content (AvgIpc) is 2.70. The van der Waals surface area contributed by atoms with E-state index in [2.05, 4.69) is 9.88 Å². The molecule has 0 aliphatic carbocycles. The maximum absolute atomic E-state index is 5.98. The summed E-state index contributed by atoms with van der Waals surface area (Å²) in [6, 6.07) is 5.55. The van der Waals surface area contributed by atoms with E-state index in [9.17, 15) is 0 Å². The van der Waals surface area contributed by atoms with Crippen LogP contribution in [0.1, 0.15) is 11.4 Å². The highest BCUT2D eigenvalue weighted by atomic mass is 35.5. The van der Waals surface area contributed by atoms with Crippen molar-refractivity contribution in [2.45, 2.75) is 13.1 Å². The fraction of sp³-hybridized carbons (Fsp3) is 0.308. The fourth-order valence-electron chi connectivity index (χ4n) is 1.85. The summed E-state index contributed by atoms with van der Waals surface area (Å²) < 4.78 is 2.01. The third-order valence-electron chi connectivity index (χ3n) is 2.88. The van der Waals surface area contributed by atoms with E-state index in [4.69, 9.17) is 17.3 Å². The number of anilines is 1. The summed E-state index contributed by atoms with van der Waals surface area (Å²) in [6.45, 7) is 1.52. The number of nitrogens with zero attached hydrogens (tertiary/aromatic N) is 3. The smallest absolute Gasteiger partial charge is 0.122 e. The van der Waals surface area contributed by atoms with Gasteiger partial charge in [-0.2, -0.15) is 0 Å². The lowest BCUT2D eigenvalue weighted by molar-refractivity contribution is 0.307. The first-order chi connectivity index (χ1) is 8.56. The zero-order chi connectivity index (χ0) is 13.1. The maximum Gasteiger partial charge on any atom is 0.122 e. The van der Waals surface area contributed by atoms with Gasteiger partial charge >= 0.3 is 0 Å². The molecule has 1 aromatic heterocycles. The molecule has 0 radical (unpaired) electrons. The van der Waals surface area contributed by atoms with Gasteiger partial charge in [0.15, 0.2) is 0 Å². The van der Waals surface area contributed by atoms with E-state index < -0.39 is 0 Å². The van der Waals surface area contributed by atoms with Crippen LogP contribution in [-0.2, 0) is 20.1 Å². The Morgan fingerprint density at radius 2 is 2.17 bits per heavy atom. The number of aryl methyl sites for hydroxylation is 1. The van der Waals surface area contributed by atoms with Crippen molar-refractivity contribution in [3.63, 3.8) is 0 Å². The van der Waals surface area contributed by atoms with Crippen LogP contribution >= 0.6 is 11.6 Å². The first-order valence-electron chi connectivity index (χ1n) is 5.75. The van der Waals surface area contributed by atoms with E-state index in [1.807, 2.05) is 37.0 Å². The van der Waals surface area contributed by atoms with Crippen LogP contribution in [0, 0.1) is 0 Å². The van der Waals surface area contributed by atoms with Crippen LogP contribution in [0.15, 0.2) is 30.6 Å². The zero-order valence-corrected chi connectivity index (χ0v) is 11.4. The van der Waals surface area contributed by atoms with Crippen molar-refractivity contribution in [1.29, 1.82) is 0 Å². The number of hydrogen-bond acceptors (Lipinski definition) is 3. The van der Waals surface area contributed by atoms with Gasteiger partial charge in [-0.3, -0.25) is 4.90 Å². The van der Waals surface area contributed by atoms with Gasteiger partial charge in [0.25, 0.3) is 0 Å². The molecule has 1 aromatic carbocycles. The molecule has 18 heavy (non-hydrogen) atoms. The number of nitrogen functional groups attached to an aromatic ring is 1. The van der Waals surface area contributed by atoms with Crippen molar-refractivity contribution in [2.75, 3.05) is 12.8 Å². The molecule has 0 bridgehead atoms. The Morgan fingerprint density at radius 3 is 2.83 bits per heavy atom. The molecule has 0 atom stereocenters. The highest BCUT2D eigenvalue weighted by Gasteiger charge is 2.07. The van der Waals surface area contributed by atoms with Crippen LogP contribution in [0.5, 0.6) is 0 Å². The third-order valence-corrected chi connectivity index (χ3v) is 3.11. The SMILES string of the molecule is CN(Cc1cc(Cl)ccc1N)Cc1nccn1C. The lowest BCUT2D eigenvalue weighted by atomic mass is 10.1. The summed E-state index contributed by atoms with van der Waals surface area (Å²) in [6.07, 6.45) is 3.74. The standard InChI is InChI=1S/C13H17ClN4/c1-17(9-13-16-5-6-18(13)2)8-10-7-11(14)3-4-12(10)15/h3-7H,8-9,15H2,1-2H3. The average molecular weight is 265 g/mol. The van der Waals surface area contributed by atoms with Crippen molar-refractivity contribution in [3.8, 4) is 0 Å². The summed E-state index contributed by atoms with van der Waals surface area (Å²) in [7, 11) is 4.03. The summed E-state index contributed by atoms with van der Waals surface area (Å²) in [5, 5.41) is 0.713. The predicted octanol–water partition coefficient (Wildman–Crippen LogP) is 2.29. The maximum atomic E-state index is 5.98. The minimum Gasteiger partial charge on any atom is -0.398 e. The van der Waals surface area contributed by atoms with Gasteiger partial charge in [0.1, 0.15) is 5.82 Å². The highest BCUT2D eigenvalue weighted by molar-refractivity contribution is 6.30. The van der Waals surface area contributed by atoms with Gasteiger partial charge in [0.05, 0.1) is 6.54 Å². The molecule has 0 saturated carbocycles. The number of benzene rings is 1. The van der Waals surface area contributed by atoms with Crippen LogP contribution in [0.4, 0.5) is 5.69 Å². The lowest BCUT2D eigenvalue weighted by Gasteiger charge is -2.17. The number of hydrogen-bond donors (Lipinski definition) is 1. The van der Waals surface area contributed by atoms with Crippen LogP contribution in [0.3, 0.4) is 0 Å². The number of imidazole rings is 1. The molecular formula is C13H17ClN4. The van der Waals surface area contributed by atoms with Gasteiger partial charge in [-0.25, -0.2) is 4.98 Å². The number of rotatable bonds is 4. The first-order valence-corrected chi connectivity index (χ1v) is 6.12. The molecule has 5 heteroatoms. The van der Waals surface area contributed by atoms with E-state index >= 15 is 0 Å². The van der Waals surface area contributed by atoms with Crippen molar-refractivity contribution < 1.29 is 0 Å². The topological polar surface area (TPSA) is 47.1 Å². The van der Waals surface area contributed by atoms with Gasteiger partial charge in [0, 0.05) is 36.7 Å². The Bertz CT molecular complexity index is 536. The molecule has 96 valence electrons. The number of aromatic nitrogens is 2. The highest BCUT2D eigenvalue weighted by Crippen LogP contribution is 2.19. The molecule has 2 aromatic rings. The Kier molecular flexibility index (Phi) is 3.89. The molecule has 0 aliphatic rings. The van der Waals surface area contributed by atoms with E-state index in [0.29, 0.717) is 5.02 Å². The summed E-state index contributed by atoms with van der Waals surface area (Å²) in [5.74, 6) is 1.03. The van der Waals surface area contributed by atoms with Crippen LogP contribution in [0.2, 0.25) is 5.02 Å². The first kappa shape index (κ1) is 12.9. The third kappa shape index (κ3) is 3.03. The van der Waals surface area contributed by atoms with Crippen LogP contribution in [0.25, 0.3) is 0 Å². The molecular weight excluding hydrogens is 248 g/mol. The molecule has 0 amide bonds. The van der Waals surface area contributed by atoms with Gasteiger partial charge < -0.3 is 10.3 Å². The van der Waals surface area contributed by atoms with E-state index in [1.165, 1.54) is 0 Å². The van der Waals surface area contributed by atoms with E-state index in [1.54, 1.807) is 12.3 Å². The molecule has 2 rings (SSSR count). The van der Waals surface area contributed by atoms with Gasteiger partial charge in [-0.1, -0.05) is 11.6 Å². The largest absolute Gasteiger partial charge is 0.398 e. The number of halogens is 1. The Morgan fingerprint density at radius 1 is 1.39 bits per heavy atom. The monoisotopic (exact) mass is 264 g/mol. The Hall–Kier alpha value is -1.52. The Balaban J connectivity index is 2.05. The number of nitrogens with two attached hydrogens (primary N) is 1. The van der Waals surface area contributed by atoms with Crippen LogP contribution in [-0.4, -0.2) is 21.5 Å². The second-order valence-electron chi connectivity index (χ2n) is 4.47. The summed E-state index contributed by atoms with van der Waals surface area (Å²) in [5.41, 5.74) is 7.75. The minimum absolute atomic E-state index is 0.713. The zero-order valence-electron chi connectivity index (χ0n) is 10.6. The van der Waals surface area contributed by atoms with Crippen molar-refractivity contribution in [1.82, 2.24) is 14.5 Å². The Labute approximate surface area is 112 Å². The molecule has 0 aliphatic heterocycles. The molecule has 0 spiro atoms. The molecule has 1 heterocycles. The second kappa shape index (κ2) is 5.42. The summed E-state index contributed by atoms with van der Waals surface area (Å²) >= 11 is 5.98. The predicted molar refractivity (Wildman–Crippen MR) is 74.2 cm³/mol. The normalized spacial score (nSPS) is 11.1. The lowest BCUT2D eigenvalue weighted by Crippen LogP contribution is -2.20. The van der Waals surface area contributed by atoms with E-state index in [-0.39, 0.29) is 0 Å². The van der Waals surface area contributed by atoms with Crippen molar-refractivity contribution in [3.05, 3.63) is 47.0 Å². The van der Waals surface area contributed by atoms with Gasteiger partial charge in [-0.15, -0.1) is 0 Å². The summed E-state index contributed by atoms with van der Waals surface area (Å²) in [4.78, 5) is 6.46. The van der Waals surface area contributed by atoms with Crippen molar-refractivity contribution >= 4 is 17.3 Å². The molecule has 0 unspecified atom stereocenters. The molecule has 2 N–H and O–H groups in total. The molecule has 0 fully saturated rings. The van der Waals surface area contributed by atoms with Crippen molar-refractivity contribution in [2.24, 2.45) is 7.05 Å². The van der Waals surface area contributed by atoms with Crippen LogP contribution < -0.4 is 5.73 Å². The molecule has 4 nitrogen and oxygen atoms in total. The molecule has 0 saturated heterocycles. The fourth-order valence-corrected chi connectivity index (χ4v) is 2.04. The second-order valence-corrected chi connectivity index (χ2v) is 4.91. The van der Waals surface area contributed by atoms with Gasteiger partial charge in [-0.05, 0) is 30.8 Å². The van der Waals surface area contributed by atoms with E-state index in [0.717, 1.165) is 30.2 Å². The van der Waals surface area contributed by atoms with Gasteiger partial charge in [0.2, 0.25) is 0 Å². The minimum atomic E-state index is 0.713.